The summed E-state index contributed by atoms with van der Waals surface area (Å²) in [6, 6.07) is 9.84. The van der Waals surface area contributed by atoms with Crippen molar-refractivity contribution in [3.05, 3.63) is 52.8 Å². The molecule has 0 atom stereocenters. The number of benzene rings is 1. The van der Waals surface area contributed by atoms with E-state index >= 15 is 0 Å². The molecule has 3 heterocycles. The zero-order chi connectivity index (χ0) is 19.5. The zero-order valence-corrected chi connectivity index (χ0v) is 16.1. The number of aliphatic hydroxyl groups excluding tert-OH is 1. The number of pyridine rings is 1. The van der Waals surface area contributed by atoms with Gasteiger partial charge in [-0.3, -0.25) is 4.98 Å². The Morgan fingerprint density at radius 2 is 2.04 bits per heavy atom. The molecule has 0 radical (unpaired) electrons. The third kappa shape index (κ3) is 3.42. The minimum atomic E-state index is -0.0748. The van der Waals surface area contributed by atoms with Gasteiger partial charge in [0.1, 0.15) is 11.1 Å². The van der Waals surface area contributed by atoms with Gasteiger partial charge in [0.25, 0.3) is 0 Å². The number of nitrogens with zero attached hydrogens (tertiary/aromatic N) is 5. The Morgan fingerprint density at radius 1 is 1.21 bits per heavy atom. The van der Waals surface area contributed by atoms with E-state index in [1.54, 1.807) is 12.4 Å². The van der Waals surface area contributed by atoms with Gasteiger partial charge < -0.3 is 15.7 Å². The van der Waals surface area contributed by atoms with Crippen LogP contribution in [0, 0.1) is 11.3 Å². The molecule has 1 aliphatic heterocycles. The van der Waals surface area contributed by atoms with Crippen molar-refractivity contribution >= 4 is 22.2 Å². The number of anilines is 2. The summed E-state index contributed by atoms with van der Waals surface area (Å²) in [5.41, 5.74) is 9.84. The second kappa shape index (κ2) is 7.92. The van der Waals surface area contributed by atoms with Crippen molar-refractivity contribution in [2.75, 3.05) is 23.7 Å². The fourth-order valence-electron chi connectivity index (χ4n) is 3.76. The van der Waals surface area contributed by atoms with Gasteiger partial charge in [0, 0.05) is 42.5 Å². The highest BCUT2D eigenvalue weighted by Crippen LogP contribution is 2.39. The third-order valence-electron chi connectivity index (χ3n) is 5.15. The summed E-state index contributed by atoms with van der Waals surface area (Å²) in [4.78, 5) is 6.48. The van der Waals surface area contributed by atoms with E-state index in [0.29, 0.717) is 16.6 Å². The molecule has 1 saturated heterocycles. The molecule has 3 N–H and O–H groups in total. The lowest BCUT2D eigenvalue weighted by molar-refractivity contribution is 0.282. The van der Waals surface area contributed by atoms with Crippen LogP contribution in [-0.4, -0.2) is 33.4 Å². The van der Waals surface area contributed by atoms with Crippen LogP contribution < -0.4 is 10.6 Å². The normalized spacial score (nSPS) is 14.8. The van der Waals surface area contributed by atoms with Crippen LogP contribution in [0.4, 0.5) is 10.8 Å². The molecule has 2 aromatic heterocycles. The lowest BCUT2D eigenvalue weighted by Crippen LogP contribution is -2.33. The highest BCUT2D eigenvalue weighted by Gasteiger charge is 2.27. The van der Waals surface area contributed by atoms with Gasteiger partial charge in [0.2, 0.25) is 5.13 Å². The Labute approximate surface area is 167 Å². The molecule has 28 heavy (non-hydrogen) atoms. The predicted octanol–water partition coefficient (Wildman–Crippen LogP) is 2.93. The van der Waals surface area contributed by atoms with Gasteiger partial charge in [-0.15, -0.1) is 10.2 Å². The zero-order valence-electron chi connectivity index (χ0n) is 15.2. The van der Waals surface area contributed by atoms with E-state index < -0.39 is 0 Å². The number of hydrogen-bond donors (Lipinski definition) is 2. The Bertz CT molecular complexity index is 1020. The molecular weight excluding hydrogens is 372 g/mol. The topological polar surface area (TPSA) is 112 Å². The molecular formula is C20H20N6OS. The molecule has 0 bridgehead atoms. The number of para-hydroxylation sites is 1. The van der Waals surface area contributed by atoms with Crippen LogP contribution in [0.15, 0.2) is 36.7 Å². The third-order valence-corrected chi connectivity index (χ3v) is 6.06. The quantitative estimate of drug-likeness (QED) is 0.702. The van der Waals surface area contributed by atoms with Crippen LogP contribution in [0.2, 0.25) is 0 Å². The molecule has 0 saturated carbocycles. The minimum Gasteiger partial charge on any atom is -0.392 e. The highest BCUT2D eigenvalue weighted by molar-refractivity contribution is 7.15. The van der Waals surface area contributed by atoms with Gasteiger partial charge in [-0.1, -0.05) is 23.5 Å². The number of rotatable bonds is 4. The van der Waals surface area contributed by atoms with E-state index in [9.17, 15) is 10.4 Å². The van der Waals surface area contributed by atoms with Crippen LogP contribution >= 0.6 is 11.3 Å². The number of nitrogens with two attached hydrogens (primary N) is 1. The monoisotopic (exact) mass is 392 g/mol. The molecule has 1 aromatic carbocycles. The number of nitrogen functional groups attached to an aromatic ring is 1. The Morgan fingerprint density at radius 3 is 2.71 bits per heavy atom. The van der Waals surface area contributed by atoms with Crippen molar-refractivity contribution in [1.29, 1.82) is 5.26 Å². The Kier molecular flexibility index (Phi) is 5.19. The fourth-order valence-corrected chi connectivity index (χ4v) is 4.54. The number of nitriles is 1. The first kappa shape index (κ1) is 18.3. The largest absolute Gasteiger partial charge is 0.392 e. The van der Waals surface area contributed by atoms with E-state index in [2.05, 4.69) is 26.2 Å². The van der Waals surface area contributed by atoms with Crippen molar-refractivity contribution in [3.8, 4) is 17.2 Å². The van der Waals surface area contributed by atoms with E-state index in [4.69, 9.17) is 5.73 Å². The molecule has 8 heteroatoms. The number of aliphatic hydroxyl groups is 1. The predicted molar refractivity (Wildman–Crippen MR) is 109 cm³/mol. The summed E-state index contributed by atoms with van der Waals surface area (Å²) in [5, 5.41) is 29.1. The van der Waals surface area contributed by atoms with Gasteiger partial charge in [-0.2, -0.15) is 5.26 Å². The molecule has 0 amide bonds. The Hall–Kier alpha value is -3.02. The fraction of sp³-hybridized carbons (Fsp3) is 0.300. The molecule has 3 aromatic rings. The molecule has 1 fully saturated rings. The maximum atomic E-state index is 9.74. The average molecular weight is 392 g/mol. The van der Waals surface area contributed by atoms with Crippen LogP contribution in [0.25, 0.3) is 11.1 Å². The molecule has 7 nitrogen and oxygen atoms in total. The number of aromatic nitrogens is 3. The van der Waals surface area contributed by atoms with Gasteiger partial charge in [-0.25, -0.2) is 0 Å². The van der Waals surface area contributed by atoms with Crippen LogP contribution in [0.5, 0.6) is 0 Å². The molecule has 4 rings (SSSR count). The first-order chi connectivity index (χ1) is 13.7. The smallest absolute Gasteiger partial charge is 0.203 e. The van der Waals surface area contributed by atoms with Crippen molar-refractivity contribution in [2.45, 2.75) is 25.4 Å². The molecule has 1 aliphatic rings. The maximum Gasteiger partial charge on any atom is 0.203 e. The van der Waals surface area contributed by atoms with E-state index in [1.165, 1.54) is 11.3 Å². The summed E-state index contributed by atoms with van der Waals surface area (Å²) in [6.07, 6.45) is 5.27. The second-order valence-corrected chi connectivity index (χ2v) is 7.79. The van der Waals surface area contributed by atoms with Gasteiger partial charge in [0.15, 0.2) is 0 Å². The van der Waals surface area contributed by atoms with Crippen LogP contribution in [-0.2, 0) is 6.61 Å². The Balaban J connectivity index is 1.67. The lowest BCUT2D eigenvalue weighted by atomic mass is 9.93. The minimum absolute atomic E-state index is 0.0748. The molecule has 142 valence electrons. The standard InChI is InChI=1S/C20H20N6OS/c21-10-14-2-1-3-16(17-11-23-7-4-15(17)12-27)18(14)26-8-5-13(6-9-26)19-24-25-20(22)28-19/h1-4,7,11,13,27H,5-6,8-9,12H2,(H2,22,25). The maximum absolute atomic E-state index is 9.74. The second-order valence-electron chi connectivity index (χ2n) is 6.74. The number of piperidine rings is 1. The van der Waals surface area contributed by atoms with Crippen LogP contribution in [0.1, 0.15) is 34.9 Å². The SMILES string of the molecule is N#Cc1cccc(-c2cnccc2CO)c1N1CCC(c2nnc(N)s2)CC1. The number of hydrogen-bond acceptors (Lipinski definition) is 8. The summed E-state index contributed by atoms with van der Waals surface area (Å²) in [7, 11) is 0. The van der Waals surface area contributed by atoms with Crippen molar-refractivity contribution in [3.63, 3.8) is 0 Å². The van der Waals surface area contributed by atoms with Crippen LogP contribution in [0.3, 0.4) is 0 Å². The van der Waals surface area contributed by atoms with Gasteiger partial charge in [0.05, 0.1) is 17.9 Å². The van der Waals surface area contributed by atoms with Crippen molar-refractivity contribution in [2.24, 2.45) is 0 Å². The van der Waals surface area contributed by atoms with E-state index in [-0.39, 0.29) is 6.61 Å². The first-order valence-corrected chi connectivity index (χ1v) is 9.94. The first-order valence-electron chi connectivity index (χ1n) is 9.12. The lowest BCUT2D eigenvalue weighted by Gasteiger charge is -2.34. The van der Waals surface area contributed by atoms with Crippen molar-refractivity contribution in [1.82, 2.24) is 15.2 Å². The molecule has 0 aliphatic carbocycles. The van der Waals surface area contributed by atoms with Gasteiger partial charge in [-0.05, 0) is 30.5 Å². The molecule has 0 spiro atoms. The van der Waals surface area contributed by atoms with E-state index in [1.807, 2.05) is 24.3 Å². The van der Waals surface area contributed by atoms with Crippen molar-refractivity contribution < 1.29 is 5.11 Å². The summed E-state index contributed by atoms with van der Waals surface area (Å²) in [5.74, 6) is 0.343. The average Bonchev–Trinajstić information content (AvgIpc) is 3.19. The summed E-state index contributed by atoms with van der Waals surface area (Å²) in [6.45, 7) is 1.55. The van der Waals surface area contributed by atoms with Gasteiger partial charge >= 0.3 is 0 Å². The summed E-state index contributed by atoms with van der Waals surface area (Å²) >= 11 is 1.45. The molecule has 0 unspecified atom stereocenters. The van der Waals surface area contributed by atoms with E-state index in [0.717, 1.165) is 53.3 Å². The highest BCUT2D eigenvalue weighted by atomic mass is 32.1. The summed E-state index contributed by atoms with van der Waals surface area (Å²) < 4.78 is 0.